The van der Waals surface area contributed by atoms with E-state index >= 15 is 0 Å². The van der Waals surface area contributed by atoms with Gasteiger partial charge in [0.1, 0.15) is 11.6 Å². The van der Waals surface area contributed by atoms with E-state index in [0.29, 0.717) is 0 Å². The van der Waals surface area contributed by atoms with Crippen molar-refractivity contribution in [1.29, 1.82) is 5.26 Å². The molecule has 22 heavy (non-hydrogen) atoms. The number of hydrogen-bond donors (Lipinski definition) is 0. The van der Waals surface area contributed by atoms with Gasteiger partial charge >= 0.3 is 0 Å². The molecular formula is C13H14F2N2O4S. The molecule has 1 spiro atoms. The monoisotopic (exact) mass is 332 g/mol. The van der Waals surface area contributed by atoms with Crippen LogP contribution in [0, 0.1) is 16.7 Å². The summed E-state index contributed by atoms with van der Waals surface area (Å²) < 4.78 is 64.6. The number of furan rings is 1. The maximum Gasteiger partial charge on any atom is 0.277 e. The van der Waals surface area contributed by atoms with Gasteiger partial charge in [-0.3, -0.25) is 0 Å². The second-order valence-corrected chi connectivity index (χ2v) is 7.45. The van der Waals surface area contributed by atoms with Crippen molar-refractivity contribution in [2.45, 2.75) is 23.9 Å². The SMILES string of the molecule is N#Cc1ccoc1S(=O)(=O)N1CCC(F)(F)C2(CCOC2)C1. The standard InChI is InChI=1S/C13H14F2N2O4S/c14-13(15)2-4-17(8-12(13)3-6-20-9-12)22(18,19)11-10(7-16)1-5-21-11/h1,5H,2-4,6,8-9H2. The Labute approximate surface area is 126 Å². The third-order valence-corrected chi connectivity index (χ3v) is 6.13. The van der Waals surface area contributed by atoms with E-state index in [4.69, 9.17) is 14.4 Å². The number of ether oxygens (including phenoxy) is 1. The molecular weight excluding hydrogens is 318 g/mol. The van der Waals surface area contributed by atoms with Crippen LogP contribution in [-0.4, -0.2) is 44.9 Å². The summed E-state index contributed by atoms with van der Waals surface area (Å²) in [7, 11) is -4.12. The zero-order valence-electron chi connectivity index (χ0n) is 11.6. The summed E-state index contributed by atoms with van der Waals surface area (Å²) >= 11 is 0. The van der Waals surface area contributed by atoms with Crippen molar-refractivity contribution in [2.75, 3.05) is 26.3 Å². The van der Waals surface area contributed by atoms with E-state index in [1.807, 2.05) is 0 Å². The highest BCUT2D eigenvalue weighted by Crippen LogP contribution is 2.49. The maximum atomic E-state index is 14.2. The van der Waals surface area contributed by atoms with Gasteiger partial charge < -0.3 is 9.15 Å². The summed E-state index contributed by atoms with van der Waals surface area (Å²) in [5, 5.41) is 8.43. The largest absolute Gasteiger partial charge is 0.451 e. The first kappa shape index (κ1) is 15.4. The van der Waals surface area contributed by atoms with Gasteiger partial charge in [-0.2, -0.15) is 9.57 Å². The summed E-state index contributed by atoms with van der Waals surface area (Å²) in [4.78, 5) is 0. The first-order valence-corrected chi connectivity index (χ1v) is 8.20. The van der Waals surface area contributed by atoms with Crippen LogP contribution < -0.4 is 0 Å². The first-order valence-electron chi connectivity index (χ1n) is 6.76. The van der Waals surface area contributed by atoms with E-state index in [1.54, 1.807) is 6.07 Å². The molecule has 1 atom stereocenters. The van der Waals surface area contributed by atoms with Gasteiger partial charge in [-0.1, -0.05) is 0 Å². The molecule has 1 aromatic rings. The number of nitriles is 1. The van der Waals surface area contributed by atoms with Crippen LogP contribution in [0.2, 0.25) is 0 Å². The lowest BCUT2D eigenvalue weighted by Crippen LogP contribution is -2.57. The molecule has 9 heteroatoms. The highest BCUT2D eigenvalue weighted by Gasteiger charge is 2.60. The summed E-state index contributed by atoms with van der Waals surface area (Å²) in [6.07, 6.45) is 0.631. The Balaban J connectivity index is 1.95. The summed E-state index contributed by atoms with van der Waals surface area (Å²) in [5.74, 6) is -2.98. The van der Waals surface area contributed by atoms with Crippen molar-refractivity contribution >= 4 is 10.0 Å². The quantitative estimate of drug-likeness (QED) is 0.821. The van der Waals surface area contributed by atoms with Crippen LogP contribution in [0.3, 0.4) is 0 Å². The van der Waals surface area contributed by atoms with Crippen LogP contribution in [0.15, 0.2) is 21.8 Å². The highest BCUT2D eigenvalue weighted by molar-refractivity contribution is 7.89. The molecule has 0 saturated carbocycles. The molecule has 0 amide bonds. The molecule has 2 saturated heterocycles. The Morgan fingerprint density at radius 1 is 1.36 bits per heavy atom. The minimum absolute atomic E-state index is 0.106. The molecule has 3 rings (SSSR count). The van der Waals surface area contributed by atoms with Gasteiger partial charge in [-0.15, -0.1) is 0 Å². The average Bonchev–Trinajstić information content (AvgIpc) is 3.12. The normalized spacial score (nSPS) is 28.8. The lowest BCUT2D eigenvalue weighted by Gasteiger charge is -2.44. The fourth-order valence-electron chi connectivity index (χ4n) is 2.98. The van der Waals surface area contributed by atoms with Gasteiger partial charge in [0, 0.05) is 26.1 Å². The van der Waals surface area contributed by atoms with Crippen molar-refractivity contribution < 1.29 is 26.4 Å². The lowest BCUT2D eigenvalue weighted by molar-refractivity contribution is -0.154. The second kappa shape index (κ2) is 5.01. The van der Waals surface area contributed by atoms with Crippen LogP contribution in [0.4, 0.5) is 8.78 Å². The van der Waals surface area contributed by atoms with Crippen LogP contribution in [0.25, 0.3) is 0 Å². The fraction of sp³-hybridized carbons (Fsp3) is 0.615. The zero-order chi connectivity index (χ0) is 16.0. The number of rotatable bonds is 2. The summed E-state index contributed by atoms with van der Waals surface area (Å²) in [5.41, 5.74) is -1.63. The van der Waals surface area contributed by atoms with Gasteiger partial charge in [-0.25, -0.2) is 17.2 Å². The number of sulfonamides is 1. The molecule has 0 aromatic carbocycles. The van der Waals surface area contributed by atoms with E-state index in [2.05, 4.69) is 0 Å². The molecule has 0 aliphatic carbocycles. The molecule has 3 heterocycles. The Morgan fingerprint density at radius 2 is 2.14 bits per heavy atom. The zero-order valence-corrected chi connectivity index (χ0v) is 12.4. The number of alkyl halides is 2. The smallest absolute Gasteiger partial charge is 0.277 e. The van der Waals surface area contributed by atoms with Crippen molar-refractivity contribution in [2.24, 2.45) is 5.41 Å². The van der Waals surface area contributed by atoms with Crippen molar-refractivity contribution in [3.8, 4) is 6.07 Å². The first-order chi connectivity index (χ1) is 10.3. The van der Waals surface area contributed by atoms with Gasteiger partial charge in [-0.05, 0) is 12.5 Å². The van der Waals surface area contributed by atoms with Gasteiger partial charge in [0.2, 0.25) is 0 Å². The molecule has 2 fully saturated rings. The van der Waals surface area contributed by atoms with E-state index in [0.717, 1.165) is 10.6 Å². The van der Waals surface area contributed by atoms with Crippen LogP contribution in [0.1, 0.15) is 18.4 Å². The molecule has 2 aliphatic heterocycles. The summed E-state index contributed by atoms with van der Waals surface area (Å²) in [6.45, 7) is -0.639. The maximum absolute atomic E-state index is 14.2. The predicted molar refractivity (Wildman–Crippen MR) is 69.6 cm³/mol. The molecule has 1 unspecified atom stereocenters. The molecule has 0 radical (unpaired) electrons. The topological polar surface area (TPSA) is 83.5 Å². The third kappa shape index (κ3) is 2.14. The van der Waals surface area contributed by atoms with Gasteiger partial charge in [0.05, 0.1) is 18.3 Å². The molecule has 120 valence electrons. The minimum Gasteiger partial charge on any atom is -0.451 e. The van der Waals surface area contributed by atoms with Gasteiger partial charge in [0.25, 0.3) is 21.0 Å². The van der Waals surface area contributed by atoms with E-state index in [-0.39, 0.29) is 38.3 Å². The Bertz CT molecular complexity index is 717. The molecule has 1 aromatic heterocycles. The molecule has 2 aliphatic rings. The number of piperidine rings is 1. The molecule has 0 N–H and O–H groups in total. The Kier molecular flexibility index (Phi) is 3.51. The van der Waals surface area contributed by atoms with Crippen LogP contribution >= 0.6 is 0 Å². The summed E-state index contributed by atoms with van der Waals surface area (Å²) in [6, 6.07) is 2.96. The van der Waals surface area contributed by atoms with Crippen molar-refractivity contribution in [1.82, 2.24) is 4.31 Å². The van der Waals surface area contributed by atoms with E-state index < -0.39 is 32.9 Å². The number of nitrogens with zero attached hydrogens (tertiary/aromatic N) is 2. The molecule has 0 bridgehead atoms. The highest BCUT2D eigenvalue weighted by atomic mass is 32.2. The number of halogens is 2. The predicted octanol–water partition coefficient (Wildman–Crippen LogP) is 1.59. The van der Waals surface area contributed by atoms with Crippen molar-refractivity contribution in [3.63, 3.8) is 0 Å². The Hall–Kier alpha value is -1.50. The van der Waals surface area contributed by atoms with E-state index in [9.17, 15) is 17.2 Å². The third-order valence-electron chi connectivity index (χ3n) is 4.36. The van der Waals surface area contributed by atoms with E-state index in [1.165, 1.54) is 6.07 Å². The van der Waals surface area contributed by atoms with Crippen molar-refractivity contribution in [3.05, 3.63) is 17.9 Å². The number of hydrogen-bond acceptors (Lipinski definition) is 5. The molecule has 6 nitrogen and oxygen atoms in total. The van der Waals surface area contributed by atoms with Crippen LogP contribution in [-0.2, 0) is 14.8 Å². The second-order valence-electron chi connectivity index (χ2n) is 5.61. The Morgan fingerprint density at radius 3 is 2.77 bits per heavy atom. The fourth-order valence-corrected chi connectivity index (χ4v) is 4.54. The average molecular weight is 332 g/mol. The van der Waals surface area contributed by atoms with Gasteiger partial charge in [0.15, 0.2) is 0 Å². The lowest BCUT2D eigenvalue weighted by atomic mass is 9.76. The van der Waals surface area contributed by atoms with Crippen LogP contribution in [0.5, 0.6) is 0 Å². The minimum atomic E-state index is -4.12.